The number of aromatic nitrogens is 1. The minimum absolute atomic E-state index is 0.271. The number of thiazole rings is 1. The molecule has 0 bridgehead atoms. The Morgan fingerprint density at radius 2 is 1.76 bits per heavy atom. The molecule has 0 aliphatic heterocycles. The second-order valence-electron chi connectivity index (χ2n) is 5.46. The zero-order valence-electron chi connectivity index (χ0n) is 13.2. The predicted octanol–water partition coefficient (Wildman–Crippen LogP) is 5.55. The normalized spacial score (nSPS) is 11.2. The van der Waals surface area contributed by atoms with E-state index in [-0.39, 0.29) is 5.82 Å². The van der Waals surface area contributed by atoms with Gasteiger partial charge in [0.1, 0.15) is 5.82 Å². The summed E-state index contributed by atoms with van der Waals surface area (Å²) in [6.45, 7) is 0. The third kappa shape index (κ3) is 3.27. The number of nitrogens with zero attached hydrogens (tertiary/aromatic N) is 2. The van der Waals surface area contributed by atoms with Gasteiger partial charge in [-0.05, 0) is 11.5 Å². The van der Waals surface area contributed by atoms with Gasteiger partial charge in [0, 0.05) is 21.9 Å². The highest BCUT2D eigenvalue weighted by molar-refractivity contribution is 7.14. The van der Waals surface area contributed by atoms with E-state index in [4.69, 9.17) is 0 Å². The van der Waals surface area contributed by atoms with Gasteiger partial charge in [-0.15, -0.1) is 11.3 Å². The van der Waals surface area contributed by atoms with Crippen molar-refractivity contribution < 1.29 is 4.39 Å². The van der Waals surface area contributed by atoms with Gasteiger partial charge in [0.2, 0.25) is 5.13 Å². The van der Waals surface area contributed by atoms with Crippen LogP contribution in [0.25, 0.3) is 22.0 Å². The van der Waals surface area contributed by atoms with Gasteiger partial charge in [0.05, 0.1) is 11.9 Å². The van der Waals surface area contributed by atoms with Crippen LogP contribution in [0.4, 0.5) is 9.52 Å². The maximum Gasteiger partial charge on any atom is 0.203 e. The first kappa shape index (κ1) is 15.5. The van der Waals surface area contributed by atoms with Crippen LogP contribution in [-0.2, 0) is 0 Å². The maximum absolute atomic E-state index is 14.5. The average molecular weight is 347 g/mol. The van der Waals surface area contributed by atoms with Gasteiger partial charge in [-0.3, -0.25) is 5.43 Å². The number of nitrogens with one attached hydrogen (secondary N) is 1. The lowest BCUT2D eigenvalue weighted by Crippen LogP contribution is -1.94. The molecule has 1 aromatic heterocycles. The first-order valence-electron chi connectivity index (χ1n) is 7.78. The summed E-state index contributed by atoms with van der Waals surface area (Å²) < 4.78 is 14.5. The van der Waals surface area contributed by atoms with E-state index < -0.39 is 0 Å². The van der Waals surface area contributed by atoms with Crippen molar-refractivity contribution in [3.8, 4) is 11.3 Å². The number of hydrogen-bond acceptors (Lipinski definition) is 4. The fourth-order valence-corrected chi connectivity index (χ4v) is 3.24. The highest BCUT2D eigenvalue weighted by Crippen LogP contribution is 2.24. The van der Waals surface area contributed by atoms with E-state index >= 15 is 0 Å². The van der Waals surface area contributed by atoms with Gasteiger partial charge in [0.15, 0.2) is 0 Å². The topological polar surface area (TPSA) is 37.3 Å². The summed E-state index contributed by atoms with van der Waals surface area (Å²) in [5.41, 5.74) is 5.25. The van der Waals surface area contributed by atoms with Crippen LogP contribution in [0.15, 0.2) is 77.2 Å². The highest BCUT2D eigenvalue weighted by atomic mass is 32.1. The zero-order chi connectivity index (χ0) is 17.1. The fraction of sp³-hybridized carbons (Fsp3) is 0. The fourth-order valence-electron chi connectivity index (χ4n) is 2.57. The summed E-state index contributed by atoms with van der Waals surface area (Å²) in [4.78, 5) is 4.48. The minimum atomic E-state index is -0.271. The average Bonchev–Trinajstić information content (AvgIpc) is 3.13. The van der Waals surface area contributed by atoms with E-state index in [1.807, 2.05) is 60.0 Å². The SMILES string of the molecule is Fc1c(C=NNc2nc(-c3ccccc3)cs2)ccc2ccccc12. The van der Waals surface area contributed by atoms with Gasteiger partial charge >= 0.3 is 0 Å². The van der Waals surface area contributed by atoms with Crippen LogP contribution in [0.1, 0.15) is 5.56 Å². The molecular formula is C20H14FN3S. The Kier molecular flexibility index (Phi) is 4.23. The molecular weight excluding hydrogens is 333 g/mol. The first-order valence-corrected chi connectivity index (χ1v) is 8.66. The minimum Gasteiger partial charge on any atom is -0.253 e. The number of rotatable bonds is 4. The molecule has 0 unspecified atom stereocenters. The molecule has 3 aromatic carbocycles. The van der Waals surface area contributed by atoms with Crippen LogP contribution in [0.5, 0.6) is 0 Å². The van der Waals surface area contributed by atoms with Crippen LogP contribution in [0.2, 0.25) is 0 Å². The van der Waals surface area contributed by atoms with Crippen molar-refractivity contribution in [1.29, 1.82) is 0 Å². The van der Waals surface area contributed by atoms with Crippen molar-refractivity contribution in [2.24, 2.45) is 5.10 Å². The number of halogens is 1. The lowest BCUT2D eigenvalue weighted by molar-refractivity contribution is 0.638. The number of benzene rings is 3. The van der Waals surface area contributed by atoms with Gasteiger partial charge in [0.25, 0.3) is 0 Å². The number of fused-ring (bicyclic) bond motifs is 1. The van der Waals surface area contributed by atoms with Crippen LogP contribution < -0.4 is 5.43 Å². The molecule has 1 heterocycles. The summed E-state index contributed by atoms with van der Waals surface area (Å²) in [6.07, 6.45) is 1.48. The summed E-state index contributed by atoms with van der Waals surface area (Å²) in [6, 6.07) is 20.9. The van der Waals surface area contributed by atoms with E-state index in [0.29, 0.717) is 16.1 Å². The molecule has 4 rings (SSSR count). The molecule has 5 heteroatoms. The van der Waals surface area contributed by atoms with Crippen molar-refractivity contribution in [1.82, 2.24) is 4.98 Å². The van der Waals surface area contributed by atoms with Crippen molar-refractivity contribution >= 4 is 33.5 Å². The molecule has 122 valence electrons. The number of anilines is 1. The summed E-state index contributed by atoms with van der Waals surface area (Å²) >= 11 is 1.46. The monoisotopic (exact) mass is 347 g/mol. The Hall–Kier alpha value is -3.05. The van der Waals surface area contributed by atoms with E-state index in [1.165, 1.54) is 17.6 Å². The first-order chi connectivity index (χ1) is 12.3. The molecule has 0 aliphatic carbocycles. The van der Waals surface area contributed by atoms with Gasteiger partial charge < -0.3 is 0 Å². The number of hydrogen-bond donors (Lipinski definition) is 1. The molecule has 0 atom stereocenters. The Bertz CT molecular complexity index is 1040. The number of hydrazone groups is 1. The standard InChI is InChI=1S/C20H14FN3S/c21-19-16(11-10-14-6-4-5-9-17(14)19)12-22-24-20-23-18(13-25-20)15-7-2-1-3-8-15/h1-13H,(H,23,24). The quantitative estimate of drug-likeness (QED) is 0.388. The molecule has 0 amide bonds. The summed E-state index contributed by atoms with van der Waals surface area (Å²) in [7, 11) is 0. The molecule has 1 N–H and O–H groups in total. The molecule has 0 saturated carbocycles. The van der Waals surface area contributed by atoms with Gasteiger partial charge in [-0.2, -0.15) is 5.10 Å². The largest absolute Gasteiger partial charge is 0.253 e. The van der Waals surface area contributed by atoms with E-state index in [1.54, 1.807) is 12.1 Å². The second-order valence-corrected chi connectivity index (χ2v) is 6.32. The Morgan fingerprint density at radius 3 is 2.64 bits per heavy atom. The van der Waals surface area contributed by atoms with Crippen LogP contribution in [0.3, 0.4) is 0 Å². The van der Waals surface area contributed by atoms with Gasteiger partial charge in [-0.1, -0.05) is 60.7 Å². The molecule has 25 heavy (non-hydrogen) atoms. The van der Waals surface area contributed by atoms with E-state index in [2.05, 4.69) is 15.5 Å². The molecule has 0 radical (unpaired) electrons. The Labute approximate surface area is 148 Å². The van der Waals surface area contributed by atoms with Crippen molar-refractivity contribution in [2.45, 2.75) is 0 Å². The molecule has 0 aliphatic rings. The Balaban J connectivity index is 1.52. The van der Waals surface area contributed by atoms with Crippen LogP contribution in [-0.4, -0.2) is 11.2 Å². The zero-order valence-corrected chi connectivity index (χ0v) is 14.0. The molecule has 0 spiro atoms. The van der Waals surface area contributed by atoms with Crippen LogP contribution in [0, 0.1) is 5.82 Å². The third-order valence-electron chi connectivity index (χ3n) is 3.83. The highest BCUT2D eigenvalue weighted by Gasteiger charge is 2.06. The third-order valence-corrected chi connectivity index (χ3v) is 4.58. The van der Waals surface area contributed by atoms with Crippen LogP contribution >= 0.6 is 11.3 Å². The smallest absolute Gasteiger partial charge is 0.203 e. The van der Waals surface area contributed by atoms with Crippen molar-refractivity contribution in [3.63, 3.8) is 0 Å². The van der Waals surface area contributed by atoms with Gasteiger partial charge in [-0.25, -0.2) is 9.37 Å². The molecule has 3 nitrogen and oxygen atoms in total. The van der Waals surface area contributed by atoms with Crippen molar-refractivity contribution in [3.05, 3.63) is 83.5 Å². The lowest BCUT2D eigenvalue weighted by atomic mass is 10.1. The molecule has 4 aromatic rings. The van der Waals surface area contributed by atoms with Crippen molar-refractivity contribution in [2.75, 3.05) is 5.43 Å². The lowest BCUT2D eigenvalue weighted by Gasteiger charge is -2.02. The molecule has 0 saturated heterocycles. The predicted molar refractivity (Wildman–Crippen MR) is 103 cm³/mol. The summed E-state index contributed by atoms with van der Waals surface area (Å²) in [5.74, 6) is -0.271. The molecule has 0 fully saturated rings. The maximum atomic E-state index is 14.5. The Morgan fingerprint density at radius 1 is 0.960 bits per heavy atom. The second kappa shape index (κ2) is 6.83. The summed E-state index contributed by atoms with van der Waals surface area (Å²) in [5, 5.41) is 8.21. The van der Waals surface area contributed by atoms with E-state index in [0.717, 1.165) is 16.6 Å². The van der Waals surface area contributed by atoms with E-state index in [9.17, 15) is 4.39 Å².